The van der Waals surface area contributed by atoms with Gasteiger partial charge in [-0.2, -0.15) is 22.8 Å². The van der Waals surface area contributed by atoms with Crippen molar-refractivity contribution in [1.29, 1.82) is 5.26 Å². The van der Waals surface area contributed by atoms with Gasteiger partial charge in [0.05, 0.1) is 18.1 Å². The van der Waals surface area contributed by atoms with E-state index in [9.17, 15) is 40.2 Å². The van der Waals surface area contributed by atoms with Gasteiger partial charge in [-0.25, -0.2) is 17.6 Å². The summed E-state index contributed by atoms with van der Waals surface area (Å²) in [4.78, 5) is 0. The van der Waals surface area contributed by atoms with E-state index in [1.165, 1.54) is 0 Å². The number of alkyl halides is 7. The first-order valence-electron chi connectivity index (χ1n) is 8.32. The molecule has 3 nitrogen and oxygen atoms in total. The van der Waals surface area contributed by atoms with Gasteiger partial charge in [-0.1, -0.05) is 0 Å². The number of benzene rings is 2. The minimum atomic E-state index is -5.36. The highest BCUT2D eigenvalue weighted by atomic mass is 19.3. The number of halogens is 8. The van der Waals surface area contributed by atoms with E-state index in [1.54, 1.807) is 6.07 Å². The summed E-state index contributed by atoms with van der Waals surface area (Å²) in [5.74, 6) is -17.4. The molecular formula is C19H9F8NO2. The van der Waals surface area contributed by atoms with Gasteiger partial charge < -0.3 is 9.84 Å². The number of nitriles is 1. The van der Waals surface area contributed by atoms with E-state index in [4.69, 9.17) is 10.00 Å². The van der Waals surface area contributed by atoms with Crippen molar-refractivity contribution in [3.63, 3.8) is 0 Å². The summed E-state index contributed by atoms with van der Waals surface area (Å²) in [5, 5.41) is 19.1. The van der Waals surface area contributed by atoms with Crippen molar-refractivity contribution in [2.75, 3.05) is 0 Å². The quantitative estimate of drug-likeness (QED) is 0.637. The first-order valence-corrected chi connectivity index (χ1v) is 8.32. The zero-order valence-electron chi connectivity index (χ0n) is 14.5. The van der Waals surface area contributed by atoms with Gasteiger partial charge in [0.25, 0.3) is 5.92 Å². The SMILES string of the molecule is N#Cc1cc(F)cc(Oc2ccc3c4c2[C@@H](F)C(F)(F)C[C@]4(O)C(F)(F)C3(F)F)c1. The Morgan fingerprint density at radius 3 is 2.37 bits per heavy atom. The van der Waals surface area contributed by atoms with Gasteiger partial charge in [-0.05, 0) is 24.3 Å². The van der Waals surface area contributed by atoms with Crippen LogP contribution < -0.4 is 4.74 Å². The third-order valence-electron chi connectivity index (χ3n) is 5.22. The number of aliphatic hydroxyl groups is 1. The van der Waals surface area contributed by atoms with Crippen molar-refractivity contribution < 1.29 is 45.0 Å². The summed E-state index contributed by atoms with van der Waals surface area (Å²) < 4.78 is 119. The minimum Gasteiger partial charge on any atom is -0.457 e. The third kappa shape index (κ3) is 2.40. The predicted molar refractivity (Wildman–Crippen MR) is 83.8 cm³/mol. The van der Waals surface area contributed by atoms with Crippen molar-refractivity contribution in [3.05, 3.63) is 58.4 Å². The largest absolute Gasteiger partial charge is 0.457 e. The van der Waals surface area contributed by atoms with Crippen molar-refractivity contribution in [1.82, 2.24) is 0 Å². The Hall–Kier alpha value is -2.87. The molecule has 0 heterocycles. The van der Waals surface area contributed by atoms with Gasteiger partial charge in [0, 0.05) is 22.8 Å². The maximum Gasteiger partial charge on any atom is 0.346 e. The molecule has 0 fully saturated rings. The van der Waals surface area contributed by atoms with Crippen LogP contribution in [0, 0.1) is 17.1 Å². The highest BCUT2D eigenvalue weighted by Crippen LogP contribution is 2.68. The molecule has 2 aliphatic carbocycles. The van der Waals surface area contributed by atoms with Gasteiger partial charge in [0.2, 0.25) is 0 Å². The Bertz CT molecular complexity index is 1110. The molecule has 2 aromatic carbocycles. The number of ether oxygens (including phenoxy) is 1. The second kappa shape index (κ2) is 5.85. The Labute approximate surface area is 163 Å². The highest BCUT2D eigenvalue weighted by molar-refractivity contribution is 5.59. The minimum absolute atomic E-state index is 0.267. The van der Waals surface area contributed by atoms with Gasteiger partial charge in [0.1, 0.15) is 17.3 Å². The molecule has 2 aromatic rings. The number of nitrogens with zero attached hydrogens (tertiary/aromatic N) is 1. The maximum atomic E-state index is 14.6. The summed E-state index contributed by atoms with van der Waals surface area (Å²) in [6.07, 6.45) is -5.64. The molecule has 2 aliphatic rings. The fraction of sp³-hybridized carbons (Fsp3) is 0.316. The lowest BCUT2D eigenvalue weighted by atomic mass is 9.75. The summed E-state index contributed by atoms with van der Waals surface area (Å²) in [6, 6.07) is 4.95. The number of hydrogen-bond donors (Lipinski definition) is 1. The van der Waals surface area contributed by atoms with E-state index in [-0.39, 0.29) is 5.56 Å². The standard InChI is InChI=1S/C19H9F8NO2/c20-9-3-8(6-28)4-10(5-9)30-12-2-1-11-14-13(12)15(21)17(22,23)7-16(14,29)19(26,27)18(11,24)25/h1-5,15,29H,7H2/t15-,16-/m1/s1. The van der Waals surface area contributed by atoms with Crippen molar-refractivity contribution >= 4 is 0 Å². The van der Waals surface area contributed by atoms with Gasteiger partial charge in [-0.15, -0.1) is 0 Å². The van der Waals surface area contributed by atoms with Crippen molar-refractivity contribution in [3.8, 4) is 17.6 Å². The van der Waals surface area contributed by atoms with Crippen LogP contribution in [0.4, 0.5) is 35.1 Å². The highest BCUT2D eigenvalue weighted by Gasteiger charge is 2.80. The molecule has 0 aromatic heterocycles. The monoisotopic (exact) mass is 435 g/mol. The lowest BCUT2D eigenvalue weighted by Gasteiger charge is -2.40. The van der Waals surface area contributed by atoms with E-state index in [2.05, 4.69) is 0 Å². The van der Waals surface area contributed by atoms with Crippen LogP contribution in [-0.2, 0) is 11.5 Å². The molecular weight excluding hydrogens is 426 g/mol. The number of rotatable bonds is 2. The summed E-state index contributed by atoms with van der Waals surface area (Å²) >= 11 is 0. The summed E-state index contributed by atoms with van der Waals surface area (Å²) in [6.45, 7) is 0. The van der Waals surface area contributed by atoms with Gasteiger partial charge in [0.15, 0.2) is 11.8 Å². The summed E-state index contributed by atoms with van der Waals surface area (Å²) in [5.41, 5.74) is -8.60. The molecule has 158 valence electrons. The van der Waals surface area contributed by atoms with Crippen LogP contribution in [0.2, 0.25) is 0 Å². The first-order chi connectivity index (χ1) is 13.8. The van der Waals surface area contributed by atoms with Crippen LogP contribution in [0.1, 0.15) is 34.8 Å². The molecule has 0 saturated carbocycles. The average Bonchev–Trinajstić information content (AvgIpc) is 2.75. The Balaban J connectivity index is 1.97. The lowest BCUT2D eigenvalue weighted by molar-refractivity contribution is -0.306. The zero-order chi connectivity index (χ0) is 22.3. The molecule has 4 rings (SSSR count). The average molecular weight is 435 g/mol. The predicted octanol–water partition coefficient (Wildman–Crippen LogP) is 5.47. The fourth-order valence-corrected chi connectivity index (χ4v) is 3.89. The molecule has 0 saturated heterocycles. The van der Waals surface area contributed by atoms with E-state index in [0.717, 1.165) is 12.1 Å². The zero-order valence-corrected chi connectivity index (χ0v) is 14.5. The maximum absolute atomic E-state index is 14.6. The van der Waals surface area contributed by atoms with Gasteiger partial charge in [-0.3, -0.25) is 0 Å². The van der Waals surface area contributed by atoms with Gasteiger partial charge >= 0.3 is 11.8 Å². The number of hydrogen-bond acceptors (Lipinski definition) is 3. The molecule has 0 aliphatic heterocycles. The van der Waals surface area contributed by atoms with E-state index < -0.39 is 70.0 Å². The van der Waals surface area contributed by atoms with Crippen LogP contribution in [0.5, 0.6) is 11.5 Å². The smallest absolute Gasteiger partial charge is 0.346 e. The second-order valence-corrected chi connectivity index (χ2v) is 7.10. The fourth-order valence-electron chi connectivity index (χ4n) is 3.89. The van der Waals surface area contributed by atoms with Crippen LogP contribution in [0.15, 0.2) is 30.3 Å². The third-order valence-corrected chi connectivity index (χ3v) is 5.22. The topological polar surface area (TPSA) is 53.2 Å². The second-order valence-electron chi connectivity index (χ2n) is 7.10. The molecule has 2 atom stereocenters. The molecule has 0 radical (unpaired) electrons. The van der Waals surface area contributed by atoms with Crippen LogP contribution in [0.25, 0.3) is 0 Å². The molecule has 0 amide bonds. The van der Waals surface area contributed by atoms with E-state index in [0.29, 0.717) is 18.2 Å². The Morgan fingerprint density at radius 1 is 1.07 bits per heavy atom. The van der Waals surface area contributed by atoms with E-state index in [1.807, 2.05) is 0 Å². The first kappa shape index (κ1) is 20.4. The van der Waals surface area contributed by atoms with Crippen molar-refractivity contribution in [2.24, 2.45) is 0 Å². The van der Waals surface area contributed by atoms with E-state index >= 15 is 0 Å². The molecule has 0 spiro atoms. The Kier molecular flexibility index (Phi) is 3.98. The Morgan fingerprint density at radius 2 is 1.73 bits per heavy atom. The van der Waals surface area contributed by atoms with Crippen LogP contribution in [0.3, 0.4) is 0 Å². The van der Waals surface area contributed by atoms with Crippen LogP contribution >= 0.6 is 0 Å². The molecule has 11 heteroatoms. The molecule has 1 N–H and O–H groups in total. The molecule has 0 bridgehead atoms. The normalized spacial score (nSPS) is 27.3. The lowest BCUT2D eigenvalue weighted by Crippen LogP contribution is -2.54. The van der Waals surface area contributed by atoms with Crippen molar-refractivity contribution in [2.45, 2.75) is 36.0 Å². The van der Waals surface area contributed by atoms with Crippen LogP contribution in [-0.4, -0.2) is 17.0 Å². The molecule has 0 unspecified atom stereocenters. The summed E-state index contributed by atoms with van der Waals surface area (Å²) in [7, 11) is 0. The molecule has 30 heavy (non-hydrogen) atoms.